The number of aliphatic hydroxyl groups excluding tert-OH is 1. The highest BCUT2D eigenvalue weighted by atomic mass is 32.1. The minimum atomic E-state index is 0.300. The molecule has 1 aromatic heterocycles. The predicted octanol–water partition coefficient (Wildman–Crippen LogP) is 1.73. The quantitative estimate of drug-likeness (QED) is 0.863. The van der Waals surface area contributed by atoms with Gasteiger partial charge in [0.05, 0.1) is 5.01 Å². The van der Waals surface area contributed by atoms with Crippen LogP contribution < -0.4 is 0 Å². The summed E-state index contributed by atoms with van der Waals surface area (Å²) in [6.07, 6.45) is 5.37. The van der Waals surface area contributed by atoms with Crippen LogP contribution in [0.25, 0.3) is 0 Å². The zero-order valence-corrected chi connectivity index (χ0v) is 12.8. The van der Waals surface area contributed by atoms with Gasteiger partial charge in [0.2, 0.25) is 0 Å². The molecule has 0 aliphatic carbocycles. The number of aliphatic hydroxyl groups is 1. The second-order valence-corrected chi connectivity index (χ2v) is 6.73. The van der Waals surface area contributed by atoms with Crippen LogP contribution in [0.1, 0.15) is 29.1 Å². The Morgan fingerprint density at radius 1 is 1.47 bits per heavy atom. The Morgan fingerprint density at radius 2 is 2.21 bits per heavy atom. The van der Waals surface area contributed by atoms with Crippen LogP contribution in [0.15, 0.2) is 6.20 Å². The molecule has 0 bridgehead atoms. The third kappa shape index (κ3) is 4.53. The maximum absolute atomic E-state index is 8.88. The van der Waals surface area contributed by atoms with E-state index in [0.717, 1.165) is 24.5 Å². The van der Waals surface area contributed by atoms with Crippen LogP contribution in [0.4, 0.5) is 0 Å². The lowest BCUT2D eigenvalue weighted by atomic mass is 10.0. The van der Waals surface area contributed by atoms with Gasteiger partial charge in [0.1, 0.15) is 0 Å². The molecule has 1 N–H and O–H groups in total. The number of hydrogen-bond donors (Lipinski definition) is 1. The normalized spacial score (nSPS) is 18.3. The van der Waals surface area contributed by atoms with Crippen molar-refractivity contribution >= 4 is 11.3 Å². The average Bonchev–Trinajstić information content (AvgIpc) is 2.82. The number of piperidine rings is 1. The molecule has 4 nitrogen and oxygen atoms in total. The number of hydrogen-bond acceptors (Lipinski definition) is 5. The van der Waals surface area contributed by atoms with Gasteiger partial charge in [-0.2, -0.15) is 0 Å². The van der Waals surface area contributed by atoms with Crippen LogP contribution in [-0.4, -0.2) is 59.2 Å². The zero-order chi connectivity index (χ0) is 13.7. The second kappa shape index (κ2) is 7.33. The van der Waals surface area contributed by atoms with E-state index in [1.807, 2.05) is 17.5 Å². The fraction of sp³-hybridized carbons (Fsp3) is 0.786. The lowest BCUT2D eigenvalue weighted by molar-refractivity contribution is 0.118. The maximum atomic E-state index is 8.88. The lowest BCUT2D eigenvalue weighted by Gasteiger charge is -2.36. The molecule has 2 rings (SSSR count). The number of thiazole rings is 1. The van der Waals surface area contributed by atoms with E-state index < -0.39 is 0 Å². The first-order valence-electron chi connectivity index (χ1n) is 7.14. The highest BCUT2D eigenvalue weighted by Gasteiger charge is 2.22. The van der Waals surface area contributed by atoms with Crippen LogP contribution in [0.3, 0.4) is 0 Å². The van der Waals surface area contributed by atoms with Gasteiger partial charge in [-0.25, -0.2) is 4.98 Å². The Labute approximate surface area is 120 Å². The Morgan fingerprint density at radius 3 is 2.79 bits per heavy atom. The van der Waals surface area contributed by atoms with Crippen molar-refractivity contribution in [3.05, 3.63) is 16.1 Å². The Bertz CT molecular complexity index is 375. The van der Waals surface area contributed by atoms with Crippen molar-refractivity contribution in [3.8, 4) is 0 Å². The van der Waals surface area contributed by atoms with E-state index in [-0.39, 0.29) is 0 Å². The van der Waals surface area contributed by atoms with Gasteiger partial charge in [-0.05, 0) is 33.2 Å². The van der Waals surface area contributed by atoms with E-state index in [1.165, 1.54) is 30.8 Å². The van der Waals surface area contributed by atoms with E-state index in [4.69, 9.17) is 5.11 Å². The summed E-state index contributed by atoms with van der Waals surface area (Å²) < 4.78 is 0. The largest absolute Gasteiger partial charge is 0.396 e. The van der Waals surface area contributed by atoms with E-state index in [9.17, 15) is 0 Å². The Kier molecular flexibility index (Phi) is 5.76. The van der Waals surface area contributed by atoms with Gasteiger partial charge in [0.15, 0.2) is 0 Å². The number of nitrogens with zero attached hydrogens (tertiary/aromatic N) is 3. The molecular formula is C14H25N3OS. The molecule has 0 unspecified atom stereocenters. The molecule has 0 saturated carbocycles. The molecule has 0 radical (unpaired) electrons. The van der Waals surface area contributed by atoms with Crippen molar-refractivity contribution in [2.45, 2.75) is 38.8 Å². The number of rotatable bonds is 6. The smallest absolute Gasteiger partial charge is 0.0897 e. The van der Waals surface area contributed by atoms with Crippen molar-refractivity contribution in [2.24, 2.45) is 0 Å². The monoisotopic (exact) mass is 283 g/mol. The third-order valence-corrected chi connectivity index (χ3v) is 4.80. The molecule has 1 fully saturated rings. The Hall–Kier alpha value is -0.490. The van der Waals surface area contributed by atoms with Crippen LogP contribution in [0, 0.1) is 6.92 Å². The molecule has 1 aliphatic rings. The molecule has 0 atom stereocenters. The summed E-state index contributed by atoms with van der Waals surface area (Å²) in [5.41, 5.74) is 0. The van der Waals surface area contributed by atoms with Gasteiger partial charge >= 0.3 is 0 Å². The lowest BCUT2D eigenvalue weighted by Crippen LogP contribution is -2.43. The Balaban J connectivity index is 1.73. The third-order valence-electron chi connectivity index (χ3n) is 3.90. The highest BCUT2D eigenvalue weighted by molar-refractivity contribution is 7.11. The summed E-state index contributed by atoms with van der Waals surface area (Å²) >= 11 is 1.81. The van der Waals surface area contributed by atoms with Gasteiger partial charge in [-0.15, -0.1) is 11.3 Å². The van der Waals surface area contributed by atoms with Gasteiger partial charge in [0, 0.05) is 49.9 Å². The molecule has 0 aromatic carbocycles. The van der Waals surface area contributed by atoms with Gasteiger partial charge in [-0.3, -0.25) is 4.90 Å². The first-order valence-corrected chi connectivity index (χ1v) is 7.95. The van der Waals surface area contributed by atoms with Crippen LogP contribution in [0.2, 0.25) is 0 Å². The van der Waals surface area contributed by atoms with E-state index >= 15 is 0 Å². The summed E-state index contributed by atoms with van der Waals surface area (Å²) in [7, 11) is 2.18. The highest BCUT2D eigenvalue weighted by Crippen LogP contribution is 2.20. The number of likely N-dealkylation sites (tertiary alicyclic amines) is 1. The maximum Gasteiger partial charge on any atom is 0.0897 e. The first-order chi connectivity index (χ1) is 9.19. The summed E-state index contributed by atoms with van der Waals surface area (Å²) in [5.74, 6) is 0. The van der Waals surface area contributed by atoms with E-state index in [1.54, 1.807) is 0 Å². The van der Waals surface area contributed by atoms with Gasteiger partial charge in [0.25, 0.3) is 0 Å². The molecule has 108 valence electrons. The van der Waals surface area contributed by atoms with Crippen LogP contribution in [0.5, 0.6) is 0 Å². The standard InChI is InChI=1S/C14H25N3OS/c1-12-15-10-14(19-12)11-17-7-4-13(5-8-17)16(2)6-3-9-18/h10,13,18H,3-9,11H2,1-2H3. The predicted molar refractivity (Wildman–Crippen MR) is 79.5 cm³/mol. The SMILES string of the molecule is Cc1ncc(CN2CCC(N(C)CCCO)CC2)s1. The fourth-order valence-electron chi connectivity index (χ4n) is 2.72. The van der Waals surface area contributed by atoms with Crippen LogP contribution in [-0.2, 0) is 6.54 Å². The summed E-state index contributed by atoms with van der Waals surface area (Å²) in [5, 5.41) is 10.0. The average molecular weight is 283 g/mol. The molecule has 1 saturated heterocycles. The molecule has 1 aliphatic heterocycles. The van der Waals surface area contributed by atoms with Crippen molar-refractivity contribution in [1.29, 1.82) is 0 Å². The van der Waals surface area contributed by atoms with Gasteiger partial charge in [-0.1, -0.05) is 0 Å². The first kappa shape index (κ1) is 14.9. The minimum absolute atomic E-state index is 0.300. The summed E-state index contributed by atoms with van der Waals surface area (Å²) in [6.45, 7) is 6.77. The molecule has 0 spiro atoms. The summed E-state index contributed by atoms with van der Waals surface area (Å²) in [6, 6.07) is 0.686. The summed E-state index contributed by atoms with van der Waals surface area (Å²) in [4.78, 5) is 10.6. The molecule has 5 heteroatoms. The van der Waals surface area contributed by atoms with Crippen LogP contribution >= 0.6 is 11.3 Å². The molecular weight excluding hydrogens is 258 g/mol. The zero-order valence-electron chi connectivity index (χ0n) is 12.0. The molecule has 1 aromatic rings. The molecule has 0 amide bonds. The minimum Gasteiger partial charge on any atom is -0.396 e. The second-order valence-electron chi connectivity index (χ2n) is 5.41. The molecule has 19 heavy (non-hydrogen) atoms. The fourth-order valence-corrected chi connectivity index (χ4v) is 3.56. The van der Waals surface area contributed by atoms with Crippen molar-refractivity contribution < 1.29 is 5.11 Å². The number of aryl methyl sites for hydroxylation is 1. The van der Waals surface area contributed by atoms with Crippen molar-refractivity contribution in [2.75, 3.05) is 33.3 Å². The van der Waals surface area contributed by atoms with Gasteiger partial charge < -0.3 is 10.0 Å². The van der Waals surface area contributed by atoms with Crippen molar-refractivity contribution in [1.82, 2.24) is 14.8 Å². The van der Waals surface area contributed by atoms with Crippen molar-refractivity contribution in [3.63, 3.8) is 0 Å². The number of aromatic nitrogens is 1. The van der Waals surface area contributed by atoms with E-state index in [2.05, 4.69) is 28.8 Å². The molecule has 2 heterocycles. The van der Waals surface area contributed by atoms with E-state index in [0.29, 0.717) is 12.6 Å². The topological polar surface area (TPSA) is 39.6 Å².